The minimum absolute atomic E-state index is 0.0385. The molecular formula is C15H26N2O3. The lowest BCUT2D eigenvalue weighted by Gasteiger charge is -2.60. The first-order chi connectivity index (χ1) is 9.48. The Kier molecular flexibility index (Phi) is 3.55. The van der Waals surface area contributed by atoms with Crippen LogP contribution in [0, 0.1) is 11.3 Å². The van der Waals surface area contributed by atoms with Crippen molar-refractivity contribution in [3.8, 4) is 0 Å². The molecule has 2 aliphatic heterocycles. The zero-order valence-corrected chi connectivity index (χ0v) is 12.5. The van der Waals surface area contributed by atoms with Crippen LogP contribution in [0.15, 0.2) is 0 Å². The molecule has 0 aromatic carbocycles. The summed E-state index contributed by atoms with van der Waals surface area (Å²) < 4.78 is 11.4. The Hall–Kier alpha value is -0.650. The highest BCUT2D eigenvalue weighted by Gasteiger charge is 2.71. The van der Waals surface area contributed by atoms with E-state index in [1.807, 2.05) is 13.8 Å². The Morgan fingerprint density at radius 3 is 2.75 bits per heavy atom. The molecule has 4 unspecified atom stereocenters. The van der Waals surface area contributed by atoms with Crippen LogP contribution >= 0.6 is 0 Å². The monoisotopic (exact) mass is 282 g/mol. The predicted octanol–water partition coefficient (Wildman–Crippen LogP) is 0.814. The maximum absolute atomic E-state index is 12.6. The number of rotatable bonds is 3. The molecule has 1 saturated carbocycles. The van der Waals surface area contributed by atoms with Crippen LogP contribution in [0.5, 0.6) is 0 Å². The van der Waals surface area contributed by atoms with E-state index < -0.39 is 5.54 Å². The summed E-state index contributed by atoms with van der Waals surface area (Å²) in [4.78, 5) is 12.6. The number of ether oxygens (including phenoxy) is 2. The second-order valence-corrected chi connectivity index (χ2v) is 6.98. The van der Waals surface area contributed by atoms with Gasteiger partial charge in [0.25, 0.3) is 0 Å². The van der Waals surface area contributed by atoms with E-state index in [1.165, 1.54) is 6.42 Å². The highest BCUT2D eigenvalue weighted by Crippen LogP contribution is 2.58. The van der Waals surface area contributed by atoms with Crippen molar-refractivity contribution < 1.29 is 14.3 Å². The van der Waals surface area contributed by atoms with Crippen molar-refractivity contribution in [3.05, 3.63) is 0 Å². The number of hydrogen-bond acceptors (Lipinski definition) is 4. The van der Waals surface area contributed by atoms with Crippen molar-refractivity contribution in [2.45, 2.75) is 57.3 Å². The number of nitrogens with one attached hydrogen (secondary N) is 1. The third-order valence-electron chi connectivity index (χ3n) is 5.59. The fraction of sp³-hybridized carbons (Fsp3) is 0.933. The van der Waals surface area contributed by atoms with Crippen molar-refractivity contribution in [3.63, 3.8) is 0 Å². The maximum atomic E-state index is 12.6. The second-order valence-electron chi connectivity index (χ2n) is 6.98. The Balaban J connectivity index is 1.61. The van der Waals surface area contributed by atoms with Gasteiger partial charge < -0.3 is 20.5 Å². The summed E-state index contributed by atoms with van der Waals surface area (Å²) in [6.07, 6.45) is 4.49. The van der Waals surface area contributed by atoms with E-state index in [2.05, 4.69) is 5.32 Å². The van der Waals surface area contributed by atoms with Gasteiger partial charge in [0, 0.05) is 31.1 Å². The molecule has 0 aromatic heterocycles. The lowest BCUT2D eigenvalue weighted by molar-refractivity contribution is -0.175. The average molecular weight is 282 g/mol. The van der Waals surface area contributed by atoms with Crippen molar-refractivity contribution in [2.24, 2.45) is 17.1 Å². The zero-order valence-electron chi connectivity index (χ0n) is 12.5. The highest BCUT2D eigenvalue weighted by molar-refractivity contribution is 5.89. The largest absolute Gasteiger partial charge is 0.377 e. The lowest BCUT2D eigenvalue weighted by atomic mass is 9.48. The van der Waals surface area contributed by atoms with Crippen LogP contribution in [0.1, 0.15) is 39.5 Å². The molecule has 1 amide bonds. The fourth-order valence-electron chi connectivity index (χ4n) is 4.17. The summed E-state index contributed by atoms with van der Waals surface area (Å²) in [5.74, 6) is 0.119. The van der Waals surface area contributed by atoms with Gasteiger partial charge in [0.1, 0.15) is 5.54 Å². The molecular weight excluding hydrogens is 256 g/mol. The van der Waals surface area contributed by atoms with E-state index in [9.17, 15) is 4.79 Å². The molecule has 5 heteroatoms. The number of nitrogens with two attached hydrogens (primary N) is 1. The summed E-state index contributed by atoms with van der Waals surface area (Å²) in [5.41, 5.74) is 5.39. The molecule has 3 rings (SSSR count). The van der Waals surface area contributed by atoms with E-state index in [0.717, 1.165) is 32.5 Å². The third kappa shape index (κ3) is 1.90. The minimum atomic E-state index is -0.803. The summed E-state index contributed by atoms with van der Waals surface area (Å²) in [5, 5.41) is 3.02. The maximum Gasteiger partial charge on any atom is 0.241 e. The Bertz CT molecular complexity index is 393. The zero-order chi connectivity index (χ0) is 14.4. The first-order valence-electron chi connectivity index (χ1n) is 7.78. The Morgan fingerprint density at radius 2 is 2.05 bits per heavy atom. The van der Waals surface area contributed by atoms with E-state index in [0.29, 0.717) is 6.54 Å². The summed E-state index contributed by atoms with van der Waals surface area (Å²) in [6.45, 7) is 6.17. The van der Waals surface area contributed by atoms with Crippen LogP contribution in [0.4, 0.5) is 0 Å². The summed E-state index contributed by atoms with van der Waals surface area (Å²) in [7, 11) is 0. The summed E-state index contributed by atoms with van der Waals surface area (Å²) >= 11 is 0. The predicted molar refractivity (Wildman–Crippen MR) is 75.1 cm³/mol. The van der Waals surface area contributed by atoms with Gasteiger partial charge in [-0.05, 0) is 25.7 Å². The van der Waals surface area contributed by atoms with Gasteiger partial charge in [-0.3, -0.25) is 4.79 Å². The van der Waals surface area contributed by atoms with Crippen LogP contribution in [0.25, 0.3) is 0 Å². The lowest BCUT2D eigenvalue weighted by Crippen LogP contribution is -2.80. The second kappa shape index (κ2) is 4.97. The molecule has 20 heavy (non-hydrogen) atoms. The quantitative estimate of drug-likeness (QED) is 0.803. The van der Waals surface area contributed by atoms with E-state index in [4.69, 9.17) is 15.2 Å². The molecule has 0 radical (unpaired) electrons. The summed E-state index contributed by atoms with van der Waals surface area (Å²) in [6, 6.07) is 0. The van der Waals surface area contributed by atoms with Crippen LogP contribution in [0.2, 0.25) is 0 Å². The Labute approximate surface area is 120 Å². The molecule has 3 N–H and O–H groups in total. The third-order valence-corrected chi connectivity index (χ3v) is 5.59. The molecule has 0 bridgehead atoms. The van der Waals surface area contributed by atoms with Crippen LogP contribution in [0.3, 0.4) is 0 Å². The molecule has 2 saturated heterocycles. The molecule has 4 atom stereocenters. The molecule has 0 aromatic rings. The van der Waals surface area contributed by atoms with Crippen LogP contribution < -0.4 is 11.1 Å². The number of carbonyl (C=O) groups excluding carboxylic acids is 1. The normalized spacial score (nSPS) is 42.6. The van der Waals surface area contributed by atoms with Crippen molar-refractivity contribution in [2.75, 3.05) is 19.8 Å². The van der Waals surface area contributed by atoms with Gasteiger partial charge in [0.15, 0.2) is 0 Å². The van der Waals surface area contributed by atoms with Crippen molar-refractivity contribution in [1.82, 2.24) is 5.32 Å². The smallest absolute Gasteiger partial charge is 0.241 e. The van der Waals surface area contributed by atoms with Gasteiger partial charge in [0.2, 0.25) is 5.91 Å². The minimum Gasteiger partial charge on any atom is -0.377 e. The molecule has 2 heterocycles. The number of carbonyl (C=O) groups is 1. The molecule has 0 spiro atoms. The van der Waals surface area contributed by atoms with Gasteiger partial charge >= 0.3 is 0 Å². The van der Waals surface area contributed by atoms with E-state index in [-0.39, 0.29) is 29.4 Å². The van der Waals surface area contributed by atoms with Crippen molar-refractivity contribution >= 4 is 5.91 Å². The molecule has 3 fully saturated rings. The topological polar surface area (TPSA) is 73.6 Å². The van der Waals surface area contributed by atoms with E-state index >= 15 is 0 Å². The standard InChI is InChI=1S/C15H26N2O3/c1-14(2)12-11(6-8-20-12)15(14,16)13(18)17-9-10-5-3-4-7-19-10/h10-12H,3-9,16H2,1-2H3,(H,17,18). The first kappa shape index (κ1) is 14.3. The van der Waals surface area contributed by atoms with Crippen LogP contribution in [-0.4, -0.2) is 43.4 Å². The van der Waals surface area contributed by atoms with Crippen LogP contribution in [-0.2, 0) is 14.3 Å². The van der Waals surface area contributed by atoms with Crippen molar-refractivity contribution in [1.29, 1.82) is 0 Å². The molecule has 5 nitrogen and oxygen atoms in total. The average Bonchev–Trinajstić information content (AvgIpc) is 2.93. The van der Waals surface area contributed by atoms with Gasteiger partial charge in [0.05, 0.1) is 12.2 Å². The van der Waals surface area contributed by atoms with Gasteiger partial charge in [-0.25, -0.2) is 0 Å². The first-order valence-corrected chi connectivity index (χ1v) is 7.78. The fourth-order valence-corrected chi connectivity index (χ4v) is 4.17. The van der Waals surface area contributed by atoms with Gasteiger partial charge in [-0.1, -0.05) is 13.8 Å². The van der Waals surface area contributed by atoms with Gasteiger partial charge in [-0.2, -0.15) is 0 Å². The number of amides is 1. The number of hydrogen-bond donors (Lipinski definition) is 2. The molecule has 1 aliphatic carbocycles. The van der Waals surface area contributed by atoms with E-state index in [1.54, 1.807) is 0 Å². The SMILES string of the molecule is CC1(C)C2OCCC2C1(N)C(=O)NCC1CCCCO1. The Morgan fingerprint density at radius 1 is 1.25 bits per heavy atom. The molecule has 3 aliphatic rings. The number of fused-ring (bicyclic) bond motifs is 1. The highest BCUT2D eigenvalue weighted by atomic mass is 16.5. The molecule has 114 valence electrons. The van der Waals surface area contributed by atoms with Gasteiger partial charge in [-0.15, -0.1) is 0 Å².